The van der Waals surface area contributed by atoms with Gasteiger partial charge >= 0.3 is 0 Å². The van der Waals surface area contributed by atoms with Crippen LogP contribution < -0.4 is 10.2 Å². The third kappa shape index (κ3) is 3.93. The van der Waals surface area contributed by atoms with Gasteiger partial charge in [0, 0.05) is 25.8 Å². The molecule has 19 heavy (non-hydrogen) atoms. The van der Waals surface area contributed by atoms with Gasteiger partial charge in [0.25, 0.3) is 0 Å². The van der Waals surface area contributed by atoms with Gasteiger partial charge < -0.3 is 10.2 Å². The summed E-state index contributed by atoms with van der Waals surface area (Å²) in [7, 11) is 0. The first-order valence-corrected chi connectivity index (χ1v) is 7.73. The monoisotopic (exact) mass is 261 g/mol. The maximum absolute atomic E-state index is 4.32. The molecule has 1 N–H and O–H groups in total. The zero-order valence-corrected chi connectivity index (χ0v) is 12.4. The Bertz CT molecular complexity index is 378. The quantitative estimate of drug-likeness (QED) is 0.764. The molecular weight excluding hydrogens is 234 g/mol. The number of hydrogen-bond donors (Lipinski definition) is 1. The summed E-state index contributed by atoms with van der Waals surface area (Å²) in [5.74, 6) is 0.877. The Labute approximate surface area is 117 Å². The molecule has 0 aromatic carbocycles. The maximum Gasteiger partial charge on any atom is 0.0598 e. The minimum Gasteiger partial charge on any atom is -0.370 e. The molecule has 2 rings (SSSR count). The van der Waals surface area contributed by atoms with E-state index in [0.717, 1.165) is 19.0 Å². The minimum absolute atomic E-state index is 0.877. The van der Waals surface area contributed by atoms with E-state index in [1.165, 1.54) is 50.0 Å². The third-order valence-electron chi connectivity index (χ3n) is 3.95. The first-order valence-electron chi connectivity index (χ1n) is 7.73. The second-order valence-electron chi connectivity index (χ2n) is 5.57. The van der Waals surface area contributed by atoms with E-state index >= 15 is 0 Å². The van der Waals surface area contributed by atoms with Gasteiger partial charge in [-0.1, -0.05) is 20.3 Å². The van der Waals surface area contributed by atoms with E-state index in [0.29, 0.717) is 0 Å². The van der Waals surface area contributed by atoms with Crippen molar-refractivity contribution < 1.29 is 0 Å². The summed E-state index contributed by atoms with van der Waals surface area (Å²) in [5.41, 5.74) is 2.73. The first-order chi connectivity index (χ1) is 9.35. The Morgan fingerprint density at radius 2 is 2.26 bits per heavy atom. The fourth-order valence-corrected chi connectivity index (χ4v) is 2.94. The average Bonchev–Trinajstić information content (AvgIpc) is 2.89. The van der Waals surface area contributed by atoms with Crippen LogP contribution in [0.2, 0.25) is 0 Å². The Hall–Kier alpha value is -1.09. The second kappa shape index (κ2) is 7.49. The topological polar surface area (TPSA) is 28.2 Å². The first kappa shape index (κ1) is 14.3. The summed E-state index contributed by atoms with van der Waals surface area (Å²) >= 11 is 0. The van der Waals surface area contributed by atoms with Crippen LogP contribution in [0.1, 0.15) is 45.1 Å². The van der Waals surface area contributed by atoms with Gasteiger partial charge in [-0.25, -0.2) is 0 Å². The molecule has 1 aliphatic heterocycles. The van der Waals surface area contributed by atoms with Crippen molar-refractivity contribution in [3.8, 4) is 0 Å². The largest absolute Gasteiger partial charge is 0.370 e. The highest BCUT2D eigenvalue weighted by molar-refractivity contribution is 5.52. The fourth-order valence-electron chi connectivity index (χ4n) is 2.94. The predicted molar refractivity (Wildman–Crippen MR) is 81.5 cm³/mol. The van der Waals surface area contributed by atoms with Crippen molar-refractivity contribution in [3.05, 3.63) is 24.0 Å². The molecule has 106 valence electrons. The standard InChI is InChI=1S/C16H27N3/c1-3-5-14-7-10-19(13-14)16-12-18-9-6-15(16)11-17-8-4-2/h6,9,12,14,17H,3-5,7-8,10-11,13H2,1-2H3. The summed E-state index contributed by atoms with van der Waals surface area (Å²) in [6.45, 7) is 8.93. The molecule has 1 unspecified atom stereocenters. The lowest BCUT2D eigenvalue weighted by molar-refractivity contribution is 0.529. The number of anilines is 1. The second-order valence-corrected chi connectivity index (χ2v) is 5.57. The molecule has 1 atom stereocenters. The Balaban J connectivity index is 1.99. The zero-order valence-electron chi connectivity index (χ0n) is 12.4. The lowest BCUT2D eigenvalue weighted by Crippen LogP contribution is -2.23. The van der Waals surface area contributed by atoms with Crippen molar-refractivity contribution >= 4 is 5.69 Å². The molecule has 0 saturated carbocycles. The van der Waals surface area contributed by atoms with E-state index in [1.807, 2.05) is 12.4 Å². The summed E-state index contributed by atoms with van der Waals surface area (Å²) in [6, 6.07) is 2.16. The molecule has 1 saturated heterocycles. The normalized spacial score (nSPS) is 19.1. The van der Waals surface area contributed by atoms with Crippen molar-refractivity contribution in [2.24, 2.45) is 5.92 Å². The molecule has 1 aromatic heterocycles. The van der Waals surface area contributed by atoms with Crippen LogP contribution in [-0.4, -0.2) is 24.6 Å². The van der Waals surface area contributed by atoms with E-state index in [4.69, 9.17) is 0 Å². The van der Waals surface area contributed by atoms with E-state index in [1.54, 1.807) is 0 Å². The SMILES string of the molecule is CCCNCc1ccncc1N1CCC(CCC)C1. The van der Waals surface area contributed by atoms with Gasteiger partial charge in [0.2, 0.25) is 0 Å². The lowest BCUT2D eigenvalue weighted by Gasteiger charge is -2.21. The number of hydrogen-bond acceptors (Lipinski definition) is 3. The molecule has 1 aromatic rings. The zero-order chi connectivity index (χ0) is 13.5. The molecule has 0 amide bonds. The van der Waals surface area contributed by atoms with Gasteiger partial charge in [0.15, 0.2) is 0 Å². The third-order valence-corrected chi connectivity index (χ3v) is 3.95. The molecule has 2 heterocycles. The van der Waals surface area contributed by atoms with E-state index in [-0.39, 0.29) is 0 Å². The van der Waals surface area contributed by atoms with E-state index in [2.05, 4.69) is 35.1 Å². The van der Waals surface area contributed by atoms with Crippen molar-refractivity contribution in [3.63, 3.8) is 0 Å². The lowest BCUT2D eigenvalue weighted by atomic mass is 10.0. The molecule has 0 aliphatic carbocycles. The highest BCUT2D eigenvalue weighted by atomic mass is 15.2. The van der Waals surface area contributed by atoms with E-state index in [9.17, 15) is 0 Å². The van der Waals surface area contributed by atoms with Gasteiger partial charge in [-0.3, -0.25) is 4.98 Å². The Morgan fingerprint density at radius 3 is 3.05 bits per heavy atom. The molecule has 1 fully saturated rings. The molecular formula is C16H27N3. The van der Waals surface area contributed by atoms with Crippen LogP contribution in [0.3, 0.4) is 0 Å². The van der Waals surface area contributed by atoms with Gasteiger partial charge in [-0.05, 0) is 43.4 Å². The minimum atomic E-state index is 0.877. The number of rotatable bonds is 7. The summed E-state index contributed by atoms with van der Waals surface area (Å²) in [6.07, 6.45) is 9.13. The molecule has 3 heteroatoms. The molecule has 1 aliphatic rings. The smallest absolute Gasteiger partial charge is 0.0598 e. The predicted octanol–water partition coefficient (Wildman–Crippen LogP) is 3.21. The van der Waals surface area contributed by atoms with Crippen LogP contribution >= 0.6 is 0 Å². The number of pyridine rings is 1. The summed E-state index contributed by atoms with van der Waals surface area (Å²) in [4.78, 5) is 6.84. The van der Waals surface area contributed by atoms with Crippen LogP contribution in [0.4, 0.5) is 5.69 Å². The molecule has 0 bridgehead atoms. The van der Waals surface area contributed by atoms with Crippen molar-refractivity contribution in [2.75, 3.05) is 24.5 Å². The number of nitrogens with one attached hydrogen (secondary N) is 1. The van der Waals surface area contributed by atoms with Crippen LogP contribution in [0.15, 0.2) is 18.5 Å². The number of aromatic nitrogens is 1. The highest BCUT2D eigenvalue weighted by Gasteiger charge is 2.23. The average molecular weight is 261 g/mol. The van der Waals surface area contributed by atoms with Crippen molar-refractivity contribution in [2.45, 2.75) is 46.1 Å². The van der Waals surface area contributed by atoms with Crippen LogP contribution in [0.5, 0.6) is 0 Å². The van der Waals surface area contributed by atoms with Crippen molar-refractivity contribution in [1.29, 1.82) is 0 Å². The van der Waals surface area contributed by atoms with Crippen LogP contribution in [0, 0.1) is 5.92 Å². The van der Waals surface area contributed by atoms with Crippen LogP contribution in [0.25, 0.3) is 0 Å². The summed E-state index contributed by atoms with van der Waals surface area (Å²) in [5, 5.41) is 3.50. The van der Waals surface area contributed by atoms with Crippen molar-refractivity contribution in [1.82, 2.24) is 10.3 Å². The highest BCUT2D eigenvalue weighted by Crippen LogP contribution is 2.28. The molecule has 0 radical (unpaired) electrons. The van der Waals surface area contributed by atoms with Gasteiger partial charge in [-0.2, -0.15) is 0 Å². The number of nitrogens with zero attached hydrogens (tertiary/aromatic N) is 2. The fraction of sp³-hybridized carbons (Fsp3) is 0.688. The van der Waals surface area contributed by atoms with E-state index < -0.39 is 0 Å². The Kier molecular flexibility index (Phi) is 5.64. The Morgan fingerprint density at radius 1 is 1.37 bits per heavy atom. The molecule has 0 spiro atoms. The van der Waals surface area contributed by atoms with Gasteiger partial charge in [-0.15, -0.1) is 0 Å². The molecule has 3 nitrogen and oxygen atoms in total. The van der Waals surface area contributed by atoms with Crippen LogP contribution in [-0.2, 0) is 6.54 Å². The maximum atomic E-state index is 4.32. The van der Waals surface area contributed by atoms with Gasteiger partial charge in [0.1, 0.15) is 0 Å². The van der Waals surface area contributed by atoms with Gasteiger partial charge in [0.05, 0.1) is 11.9 Å². The summed E-state index contributed by atoms with van der Waals surface area (Å²) < 4.78 is 0.